The molecule has 1 amide bonds. The van der Waals surface area contributed by atoms with E-state index in [1.54, 1.807) is 16.2 Å². The van der Waals surface area contributed by atoms with E-state index < -0.39 is 5.82 Å². The molecular weight excluding hydrogens is 287 g/mol. The number of carbonyl (C=O) groups excluding carboxylic acids is 1. The third-order valence-corrected chi connectivity index (χ3v) is 4.96. The minimum atomic E-state index is -0.514. The zero-order valence-electron chi connectivity index (χ0n) is 11.8. The second-order valence-electron chi connectivity index (χ2n) is 5.21. The Hall–Kier alpha value is -1.88. The molecule has 3 nitrogen and oxygen atoms in total. The summed E-state index contributed by atoms with van der Waals surface area (Å²) in [5, 5.41) is 2.06. The third-order valence-electron chi connectivity index (χ3n) is 3.96. The van der Waals surface area contributed by atoms with E-state index in [-0.39, 0.29) is 17.5 Å². The Labute approximate surface area is 127 Å². The van der Waals surface area contributed by atoms with Crippen molar-refractivity contribution in [1.29, 1.82) is 0 Å². The number of nitrogens with zero attached hydrogens (tertiary/aromatic N) is 1. The Morgan fingerprint density at radius 3 is 3.05 bits per heavy atom. The van der Waals surface area contributed by atoms with E-state index in [4.69, 9.17) is 5.73 Å². The summed E-state index contributed by atoms with van der Waals surface area (Å²) < 4.78 is 13.9. The maximum absolute atomic E-state index is 13.9. The normalized spacial score (nSPS) is 17.6. The summed E-state index contributed by atoms with van der Waals surface area (Å²) in [6, 6.07) is 6.24. The van der Waals surface area contributed by atoms with Crippen LogP contribution in [0, 0.1) is 5.82 Å². The SMILES string of the molecule is CCC1c2ccsc2CCN1C(=O)c1cc(N)ccc1F. The summed E-state index contributed by atoms with van der Waals surface area (Å²) in [5.74, 6) is -0.788. The fourth-order valence-corrected chi connectivity index (χ4v) is 3.87. The number of thiophene rings is 1. The summed E-state index contributed by atoms with van der Waals surface area (Å²) >= 11 is 1.73. The quantitative estimate of drug-likeness (QED) is 0.861. The van der Waals surface area contributed by atoms with Crippen molar-refractivity contribution in [3.05, 3.63) is 51.5 Å². The van der Waals surface area contributed by atoms with Crippen molar-refractivity contribution in [2.45, 2.75) is 25.8 Å². The highest BCUT2D eigenvalue weighted by Gasteiger charge is 2.31. The molecule has 1 atom stereocenters. The molecule has 0 bridgehead atoms. The van der Waals surface area contributed by atoms with Crippen LogP contribution < -0.4 is 5.73 Å². The number of carbonyl (C=O) groups is 1. The van der Waals surface area contributed by atoms with E-state index in [2.05, 4.69) is 11.4 Å². The third kappa shape index (κ3) is 2.42. The second kappa shape index (κ2) is 5.48. The van der Waals surface area contributed by atoms with Crippen molar-refractivity contribution >= 4 is 22.9 Å². The second-order valence-corrected chi connectivity index (χ2v) is 6.21. The number of fused-ring (bicyclic) bond motifs is 1. The molecule has 2 heterocycles. The molecule has 0 saturated carbocycles. The van der Waals surface area contributed by atoms with Gasteiger partial charge in [-0.1, -0.05) is 6.92 Å². The Morgan fingerprint density at radius 2 is 2.29 bits per heavy atom. The number of hydrogen-bond donors (Lipinski definition) is 1. The van der Waals surface area contributed by atoms with Gasteiger partial charge in [0.1, 0.15) is 5.82 Å². The van der Waals surface area contributed by atoms with Crippen molar-refractivity contribution in [3.8, 4) is 0 Å². The van der Waals surface area contributed by atoms with E-state index in [1.807, 2.05) is 6.92 Å². The summed E-state index contributed by atoms with van der Waals surface area (Å²) in [6.45, 7) is 2.67. The number of benzene rings is 1. The summed E-state index contributed by atoms with van der Waals surface area (Å²) in [6.07, 6.45) is 1.65. The van der Waals surface area contributed by atoms with Gasteiger partial charge in [-0.05, 0) is 48.1 Å². The highest BCUT2D eigenvalue weighted by molar-refractivity contribution is 7.10. The fraction of sp³-hybridized carbons (Fsp3) is 0.312. The average molecular weight is 304 g/mol. The van der Waals surface area contributed by atoms with Gasteiger partial charge in [0, 0.05) is 17.1 Å². The first-order valence-corrected chi connectivity index (χ1v) is 7.92. The maximum Gasteiger partial charge on any atom is 0.257 e. The van der Waals surface area contributed by atoms with Crippen molar-refractivity contribution < 1.29 is 9.18 Å². The summed E-state index contributed by atoms with van der Waals surface area (Å²) in [4.78, 5) is 15.8. The molecule has 2 N–H and O–H groups in total. The Morgan fingerprint density at radius 1 is 1.48 bits per heavy atom. The van der Waals surface area contributed by atoms with Crippen LogP contribution in [0.25, 0.3) is 0 Å². The van der Waals surface area contributed by atoms with E-state index in [0.717, 1.165) is 12.8 Å². The van der Waals surface area contributed by atoms with E-state index >= 15 is 0 Å². The van der Waals surface area contributed by atoms with Crippen molar-refractivity contribution in [3.63, 3.8) is 0 Å². The minimum absolute atomic E-state index is 0.0216. The molecule has 1 unspecified atom stereocenters. The van der Waals surface area contributed by atoms with Crippen LogP contribution >= 0.6 is 11.3 Å². The lowest BCUT2D eigenvalue weighted by Gasteiger charge is -2.35. The van der Waals surface area contributed by atoms with E-state index in [9.17, 15) is 9.18 Å². The molecule has 110 valence electrons. The van der Waals surface area contributed by atoms with Gasteiger partial charge in [-0.2, -0.15) is 0 Å². The van der Waals surface area contributed by atoms with Gasteiger partial charge in [-0.15, -0.1) is 11.3 Å². The highest BCUT2D eigenvalue weighted by atomic mass is 32.1. The van der Waals surface area contributed by atoms with Crippen LogP contribution in [0.3, 0.4) is 0 Å². The Balaban J connectivity index is 1.96. The molecule has 1 aliphatic heterocycles. The molecule has 2 aromatic rings. The zero-order chi connectivity index (χ0) is 15.0. The van der Waals surface area contributed by atoms with Crippen LogP contribution in [-0.2, 0) is 6.42 Å². The van der Waals surface area contributed by atoms with Crippen molar-refractivity contribution in [1.82, 2.24) is 4.90 Å². The number of hydrogen-bond acceptors (Lipinski definition) is 3. The monoisotopic (exact) mass is 304 g/mol. The lowest BCUT2D eigenvalue weighted by atomic mass is 9.96. The first-order chi connectivity index (χ1) is 10.1. The molecule has 0 spiro atoms. The van der Waals surface area contributed by atoms with Crippen LogP contribution in [0.4, 0.5) is 10.1 Å². The standard InChI is InChI=1S/C16H17FN2OS/c1-2-14-11-6-8-21-15(11)5-7-19(14)16(20)12-9-10(18)3-4-13(12)17/h3-4,6,8-9,14H,2,5,7,18H2,1H3. The Kier molecular flexibility index (Phi) is 3.68. The van der Waals surface area contributed by atoms with Gasteiger partial charge in [-0.25, -0.2) is 4.39 Å². The predicted octanol–water partition coefficient (Wildman–Crippen LogP) is 3.62. The van der Waals surface area contributed by atoms with E-state index in [1.165, 1.54) is 28.6 Å². The predicted molar refractivity (Wildman–Crippen MR) is 82.9 cm³/mol. The molecule has 0 fully saturated rings. The molecule has 0 aliphatic carbocycles. The summed E-state index contributed by atoms with van der Waals surface area (Å²) in [7, 11) is 0. The lowest BCUT2D eigenvalue weighted by Crippen LogP contribution is -2.39. The molecule has 5 heteroatoms. The van der Waals surface area contributed by atoms with Gasteiger partial charge in [0.2, 0.25) is 0 Å². The van der Waals surface area contributed by atoms with Gasteiger partial charge in [0.15, 0.2) is 0 Å². The van der Waals surface area contributed by atoms with Crippen LogP contribution in [0.15, 0.2) is 29.6 Å². The minimum Gasteiger partial charge on any atom is -0.399 e. The number of anilines is 1. The largest absolute Gasteiger partial charge is 0.399 e. The molecule has 3 rings (SSSR count). The smallest absolute Gasteiger partial charge is 0.257 e. The van der Waals surface area contributed by atoms with Gasteiger partial charge < -0.3 is 10.6 Å². The number of nitrogen functional groups attached to an aromatic ring is 1. The van der Waals surface area contributed by atoms with Gasteiger partial charge >= 0.3 is 0 Å². The first kappa shape index (κ1) is 14.1. The van der Waals surface area contributed by atoms with Crippen LogP contribution in [-0.4, -0.2) is 17.4 Å². The maximum atomic E-state index is 13.9. The molecule has 1 aromatic heterocycles. The van der Waals surface area contributed by atoms with Crippen molar-refractivity contribution in [2.75, 3.05) is 12.3 Å². The van der Waals surface area contributed by atoms with Crippen LogP contribution in [0.5, 0.6) is 0 Å². The van der Waals surface area contributed by atoms with E-state index in [0.29, 0.717) is 12.2 Å². The number of amides is 1. The highest BCUT2D eigenvalue weighted by Crippen LogP contribution is 2.36. The number of halogens is 1. The fourth-order valence-electron chi connectivity index (χ4n) is 2.94. The Bertz CT molecular complexity index is 683. The molecule has 1 aliphatic rings. The molecule has 21 heavy (non-hydrogen) atoms. The molecular formula is C16H17FN2OS. The zero-order valence-corrected chi connectivity index (χ0v) is 12.6. The molecule has 1 aromatic carbocycles. The van der Waals surface area contributed by atoms with Crippen molar-refractivity contribution in [2.24, 2.45) is 0 Å². The number of nitrogens with two attached hydrogens (primary N) is 1. The molecule has 0 radical (unpaired) electrons. The van der Waals surface area contributed by atoms with Gasteiger partial charge in [-0.3, -0.25) is 4.79 Å². The van der Waals surface area contributed by atoms with Gasteiger partial charge in [0.25, 0.3) is 5.91 Å². The topological polar surface area (TPSA) is 46.3 Å². The van der Waals surface area contributed by atoms with Crippen LogP contribution in [0.1, 0.15) is 40.2 Å². The van der Waals surface area contributed by atoms with Gasteiger partial charge in [0.05, 0.1) is 11.6 Å². The molecule has 0 saturated heterocycles. The van der Waals surface area contributed by atoms with Crippen LogP contribution in [0.2, 0.25) is 0 Å². The first-order valence-electron chi connectivity index (χ1n) is 7.04. The summed E-state index contributed by atoms with van der Waals surface area (Å²) in [5.41, 5.74) is 7.35. The number of rotatable bonds is 2. The lowest BCUT2D eigenvalue weighted by molar-refractivity contribution is 0.0652. The average Bonchev–Trinajstić information content (AvgIpc) is 2.96.